The van der Waals surface area contributed by atoms with Gasteiger partial charge in [-0.05, 0) is 31.7 Å². The van der Waals surface area contributed by atoms with E-state index < -0.39 is 0 Å². The Morgan fingerprint density at radius 1 is 1.21 bits per heavy atom. The van der Waals surface area contributed by atoms with Crippen LogP contribution < -0.4 is 10.6 Å². The highest BCUT2D eigenvalue weighted by molar-refractivity contribution is 14.0. The Morgan fingerprint density at radius 2 is 1.96 bits per heavy atom. The molecule has 0 radical (unpaired) electrons. The average molecular weight is 449 g/mol. The molecule has 0 spiro atoms. The van der Waals surface area contributed by atoms with Crippen molar-refractivity contribution in [2.24, 2.45) is 4.99 Å². The van der Waals surface area contributed by atoms with Crippen molar-refractivity contribution < 1.29 is 4.74 Å². The fraction of sp³-hybridized carbons (Fsp3) is 0.765. The Hall–Kier alpha value is -0.830. The van der Waals surface area contributed by atoms with Crippen molar-refractivity contribution in [1.82, 2.24) is 20.4 Å². The summed E-state index contributed by atoms with van der Waals surface area (Å²) in [7, 11) is 1.81. The predicted octanol–water partition coefficient (Wildman–Crippen LogP) is 2.80. The minimum absolute atomic E-state index is 0. The molecule has 1 fully saturated rings. The second kappa shape index (κ2) is 13.5. The van der Waals surface area contributed by atoms with Crippen LogP contribution in [0.5, 0.6) is 0 Å². The number of aliphatic imine (C=N–C) groups is 1. The van der Waals surface area contributed by atoms with Crippen LogP contribution in [0, 0.1) is 0 Å². The summed E-state index contributed by atoms with van der Waals surface area (Å²) < 4.78 is 7.87. The van der Waals surface area contributed by atoms with Gasteiger partial charge < -0.3 is 15.4 Å². The zero-order chi connectivity index (χ0) is 16.2. The number of halogens is 1. The van der Waals surface area contributed by atoms with E-state index in [2.05, 4.69) is 20.7 Å². The lowest BCUT2D eigenvalue weighted by atomic mass is 9.98. The first kappa shape index (κ1) is 21.2. The normalized spacial score (nSPS) is 15.8. The summed E-state index contributed by atoms with van der Waals surface area (Å²) in [6, 6.07) is 1.95. The monoisotopic (exact) mass is 449 g/mol. The van der Waals surface area contributed by atoms with E-state index in [0.29, 0.717) is 6.10 Å². The molecule has 1 aromatic rings. The Labute approximate surface area is 162 Å². The maximum atomic E-state index is 5.93. The van der Waals surface area contributed by atoms with Gasteiger partial charge in [-0.25, -0.2) is 0 Å². The summed E-state index contributed by atoms with van der Waals surface area (Å²) in [6.07, 6.45) is 12.9. The third-order valence-electron chi connectivity index (χ3n) is 4.16. The van der Waals surface area contributed by atoms with Crippen LogP contribution in [0.25, 0.3) is 0 Å². The molecule has 2 N–H and O–H groups in total. The van der Waals surface area contributed by atoms with Crippen molar-refractivity contribution in [3.05, 3.63) is 18.5 Å². The number of aromatic nitrogens is 2. The molecule has 0 aliphatic heterocycles. The SMILES string of the molecule is CN=C(NCCCOC1CCCCC1)NCCCn1cccn1.I. The van der Waals surface area contributed by atoms with Gasteiger partial charge in [-0.3, -0.25) is 9.67 Å². The summed E-state index contributed by atoms with van der Waals surface area (Å²) in [4.78, 5) is 4.24. The molecule has 0 atom stereocenters. The van der Waals surface area contributed by atoms with Gasteiger partial charge in [-0.15, -0.1) is 24.0 Å². The lowest BCUT2D eigenvalue weighted by molar-refractivity contribution is 0.0277. The fourth-order valence-corrected chi connectivity index (χ4v) is 2.86. The third-order valence-corrected chi connectivity index (χ3v) is 4.16. The van der Waals surface area contributed by atoms with Crippen LogP contribution in [0.2, 0.25) is 0 Å². The zero-order valence-electron chi connectivity index (χ0n) is 14.7. The molecule has 1 heterocycles. The highest BCUT2D eigenvalue weighted by Gasteiger charge is 2.12. The summed E-state index contributed by atoms with van der Waals surface area (Å²) in [5.74, 6) is 0.864. The predicted molar refractivity (Wildman–Crippen MR) is 109 cm³/mol. The second-order valence-electron chi connectivity index (χ2n) is 6.03. The van der Waals surface area contributed by atoms with Crippen LogP contribution in [0.15, 0.2) is 23.5 Å². The van der Waals surface area contributed by atoms with Crippen molar-refractivity contribution in [1.29, 1.82) is 0 Å². The van der Waals surface area contributed by atoms with E-state index >= 15 is 0 Å². The van der Waals surface area contributed by atoms with Crippen LogP contribution in [-0.2, 0) is 11.3 Å². The quantitative estimate of drug-likeness (QED) is 0.264. The number of nitrogens with zero attached hydrogens (tertiary/aromatic N) is 3. The molecule has 1 aliphatic rings. The number of hydrogen-bond donors (Lipinski definition) is 2. The minimum atomic E-state index is 0. The Balaban J connectivity index is 0.00000288. The van der Waals surface area contributed by atoms with Gasteiger partial charge in [0.05, 0.1) is 6.10 Å². The molecule has 2 rings (SSSR count). The van der Waals surface area contributed by atoms with Crippen molar-refractivity contribution >= 4 is 29.9 Å². The molecule has 1 aromatic heterocycles. The van der Waals surface area contributed by atoms with Gasteiger partial charge in [0, 0.05) is 45.7 Å². The third kappa shape index (κ3) is 8.86. The van der Waals surface area contributed by atoms with Crippen molar-refractivity contribution in [2.45, 2.75) is 57.6 Å². The van der Waals surface area contributed by atoms with E-state index in [4.69, 9.17) is 4.74 Å². The molecule has 0 unspecified atom stereocenters. The van der Waals surface area contributed by atoms with Gasteiger partial charge in [0.2, 0.25) is 0 Å². The van der Waals surface area contributed by atoms with Crippen molar-refractivity contribution in [3.63, 3.8) is 0 Å². The Morgan fingerprint density at radius 3 is 2.62 bits per heavy atom. The number of ether oxygens (including phenoxy) is 1. The molecule has 6 nitrogen and oxygen atoms in total. The van der Waals surface area contributed by atoms with E-state index in [0.717, 1.165) is 45.0 Å². The summed E-state index contributed by atoms with van der Waals surface area (Å²) >= 11 is 0. The number of aryl methyl sites for hydroxylation is 1. The van der Waals surface area contributed by atoms with Gasteiger partial charge in [0.1, 0.15) is 0 Å². The molecular formula is C17H32IN5O. The van der Waals surface area contributed by atoms with Gasteiger partial charge in [0.25, 0.3) is 0 Å². The Bertz CT molecular complexity index is 432. The molecule has 1 saturated carbocycles. The lowest BCUT2D eigenvalue weighted by Crippen LogP contribution is -2.38. The van der Waals surface area contributed by atoms with Crippen LogP contribution in [0.4, 0.5) is 0 Å². The molecule has 138 valence electrons. The van der Waals surface area contributed by atoms with Crippen LogP contribution in [0.3, 0.4) is 0 Å². The molecule has 0 aromatic carbocycles. The van der Waals surface area contributed by atoms with Gasteiger partial charge >= 0.3 is 0 Å². The van der Waals surface area contributed by atoms with Crippen molar-refractivity contribution in [3.8, 4) is 0 Å². The minimum Gasteiger partial charge on any atom is -0.378 e. The zero-order valence-corrected chi connectivity index (χ0v) is 17.1. The number of rotatable bonds is 9. The first-order chi connectivity index (χ1) is 11.4. The second-order valence-corrected chi connectivity index (χ2v) is 6.03. The molecule has 7 heteroatoms. The van der Waals surface area contributed by atoms with Crippen LogP contribution in [-0.4, -0.2) is 48.6 Å². The van der Waals surface area contributed by atoms with Crippen LogP contribution in [0.1, 0.15) is 44.9 Å². The summed E-state index contributed by atoms with van der Waals surface area (Å²) in [5, 5.41) is 10.9. The van der Waals surface area contributed by atoms with Crippen LogP contribution >= 0.6 is 24.0 Å². The molecule has 0 saturated heterocycles. The lowest BCUT2D eigenvalue weighted by Gasteiger charge is -2.22. The molecule has 0 bridgehead atoms. The first-order valence-corrected chi connectivity index (χ1v) is 8.92. The highest BCUT2D eigenvalue weighted by atomic mass is 127. The van der Waals surface area contributed by atoms with Crippen molar-refractivity contribution in [2.75, 3.05) is 26.7 Å². The largest absolute Gasteiger partial charge is 0.378 e. The number of hydrogen-bond acceptors (Lipinski definition) is 3. The standard InChI is InChI=1S/C17H31N5O.HI/c1-18-17(19-10-5-13-22-14-6-12-21-22)20-11-7-15-23-16-8-3-2-4-9-16;/h6,12,14,16H,2-5,7-11,13,15H2,1H3,(H2,18,19,20);1H. The molecule has 24 heavy (non-hydrogen) atoms. The average Bonchev–Trinajstić information content (AvgIpc) is 3.11. The van der Waals surface area contributed by atoms with E-state index in [1.165, 1.54) is 32.1 Å². The van der Waals surface area contributed by atoms with E-state index in [-0.39, 0.29) is 24.0 Å². The van der Waals surface area contributed by atoms with E-state index in [1.54, 1.807) is 7.05 Å². The first-order valence-electron chi connectivity index (χ1n) is 8.92. The van der Waals surface area contributed by atoms with E-state index in [9.17, 15) is 0 Å². The summed E-state index contributed by atoms with van der Waals surface area (Å²) in [5.41, 5.74) is 0. The van der Waals surface area contributed by atoms with Gasteiger partial charge in [-0.2, -0.15) is 5.10 Å². The fourth-order valence-electron chi connectivity index (χ4n) is 2.86. The summed E-state index contributed by atoms with van der Waals surface area (Å²) in [6.45, 7) is 3.55. The molecule has 0 amide bonds. The highest BCUT2D eigenvalue weighted by Crippen LogP contribution is 2.20. The molecular weight excluding hydrogens is 417 g/mol. The van der Waals surface area contributed by atoms with Gasteiger partial charge in [0.15, 0.2) is 5.96 Å². The van der Waals surface area contributed by atoms with E-state index in [1.807, 2.05) is 23.1 Å². The molecule has 1 aliphatic carbocycles. The number of guanidine groups is 1. The Kier molecular flexibility index (Phi) is 11.9. The maximum absolute atomic E-state index is 5.93. The number of nitrogens with one attached hydrogen (secondary N) is 2. The topological polar surface area (TPSA) is 63.5 Å². The van der Waals surface area contributed by atoms with Gasteiger partial charge in [-0.1, -0.05) is 19.3 Å². The smallest absolute Gasteiger partial charge is 0.190 e. The maximum Gasteiger partial charge on any atom is 0.190 e.